The summed E-state index contributed by atoms with van der Waals surface area (Å²) in [6, 6.07) is 0.714. The van der Waals surface area contributed by atoms with Crippen molar-refractivity contribution in [3.05, 3.63) is 0 Å². The molecule has 0 heterocycles. The van der Waals surface area contributed by atoms with Crippen LogP contribution in [0.15, 0.2) is 0 Å². The van der Waals surface area contributed by atoms with Gasteiger partial charge < -0.3 is 4.74 Å². The van der Waals surface area contributed by atoms with E-state index in [9.17, 15) is 0 Å². The van der Waals surface area contributed by atoms with Gasteiger partial charge in [-0.3, -0.25) is 5.32 Å². The smallest absolute Gasteiger partial charge is 0.0963 e. The van der Waals surface area contributed by atoms with Crippen LogP contribution in [-0.4, -0.2) is 19.9 Å². The molecule has 1 rings (SSSR count). The average molecular weight is 157 g/mol. The number of hydrogen-bond donors (Lipinski definition) is 1. The maximum atomic E-state index is 4.96. The summed E-state index contributed by atoms with van der Waals surface area (Å²) in [6.07, 6.45) is 5.40. The molecule has 1 saturated carbocycles. The monoisotopic (exact) mass is 157 g/mol. The minimum Gasteiger partial charge on any atom is -0.370 e. The molecule has 0 spiro atoms. The van der Waals surface area contributed by atoms with Crippen molar-refractivity contribution in [2.45, 2.75) is 38.6 Å². The van der Waals surface area contributed by atoms with Crippen molar-refractivity contribution in [3.8, 4) is 0 Å². The van der Waals surface area contributed by atoms with Crippen LogP contribution in [-0.2, 0) is 4.74 Å². The maximum Gasteiger partial charge on any atom is 0.0963 e. The van der Waals surface area contributed by atoms with E-state index in [0.717, 1.165) is 5.92 Å². The second-order valence-corrected chi connectivity index (χ2v) is 3.59. The quantitative estimate of drug-likeness (QED) is 0.630. The molecule has 0 aromatic carbocycles. The Labute approximate surface area is 69.3 Å². The highest BCUT2D eigenvalue weighted by Gasteiger charge is 2.16. The minimum absolute atomic E-state index is 0.707. The van der Waals surface area contributed by atoms with Crippen LogP contribution in [0, 0.1) is 5.92 Å². The van der Waals surface area contributed by atoms with E-state index in [0.29, 0.717) is 12.8 Å². The molecule has 66 valence electrons. The summed E-state index contributed by atoms with van der Waals surface area (Å²) in [7, 11) is 1.73. The van der Waals surface area contributed by atoms with Gasteiger partial charge in [0.2, 0.25) is 0 Å². The molecule has 2 heteroatoms. The van der Waals surface area contributed by atoms with E-state index in [1.165, 1.54) is 25.7 Å². The highest BCUT2D eigenvalue weighted by atomic mass is 16.5. The maximum absolute atomic E-state index is 4.96. The first-order chi connectivity index (χ1) is 5.33. The molecule has 2 nitrogen and oxygen atoms in total. The van der Waals surface area contributed by atoms with Crippen molar-refractivity contribution >= 4 is 0 Å². The van der Waals surface area contributed by atoms with Crippen LogP contribution in [0.2, 0.25) is 0 Å². The summed E-state index contributed by atoms with van der Waals surface area (Å²) in [5.41, 5.74) is 0. The fourth-order valence-electron chi connectivity index (χ4n) is 1.67. The van der Waals surface area contributed by atoms with Crippen molar-refractivity contribution in [2.75, 3.05) is 13.8 Å². The number of methoxy groups -OCH3 is 1. The molecule has 0 unspecified atom stereocenters. The topological polar surface area (TPSA) is 21.3 Å². The second-order valence-electron chi connectivity index (χ2n) is 3.59. The van der Waals surface area contributed by atoms with E-state index in [1.54, 1.807) is 7.11 Å². The van der Waals surface area contributed by atoms with E-state index in [1.807, 2.05) is 0 Å². The highest BCUT2D eigenvalue weighted by molar-refractivity contribution is 4.73. The molecular weight excluding hydrogens is 138 g/mol. The molecule has 0 radical (unpaired) electrons. The highest BCUT2D eigenvalue weighted by Crippen LogP contribution is 2.23. The summed E-state index contributed by atoms with van der Waals surface area (Å²) in [6.45, 7) is 3.05. The Morgan fingerprint density at radius 3 is 2.45 bits per heavy atom. The van der Waals surface area contributed by atoms with Crippen LogP contribution in [0.25, 0.3) is 0 Å². The van der Waals surface area contributed by atoms with Gasteiger partial charge in [-0.1, -0.05) is 6.92 Å². The van der Waals surface area contributed by atoms with Gasteiger partial charge in [-0.25, -0.2) is 0 Å². The van der Waals surface area contributed by atoms with Gasteiger partial charge in [0.1, 0.15) is 0 Å². The molecule has 1 N–H and O–H groups in total. The Bertz CT molecular complexity index is 95.0. The molecule has 0 aromatic rings. The molecule has 0 atom stereocenters. The van der Waals surface area contributed by atoms with Crippen LogP contribution in [0.5, 0.6) is 0 Å². The predicted molar refractivity (Wildman–Crippen MR) is 46.4 cm³/mol. The van der Waals surface area contributed by atoms with Crippen LogP contribution in [0.1, 0.15) is 32.6 Å². The van der Waals surface area contributed by atoms with E-state index >= 15 is 0 Å². The molecule has 1 aliphatic rings. The first kappa shape index (κ1) is 9.01. The number of ether oxygens (including phenoxy) is 1. The molecule has 1 aliphatic carbocycles. The number of nitrogens with one attached hydrogen (secondary N) is 1. The molecule has 1 fully saturated rings. The van der Waals surface area contributed by atoms with Gasteiger partial charge in [-0.05, 0) is 31.6 Å². The zero-order chi connectivity index (χ0) is 8.10. The van der Waals surface area contributed by atoms with Gasteiger partial charge in [0.25, 0.3) is 0 Å². The summed E-state index contributed by atoms with van der Waals surface area (Å²) in [5, 5.41) is 3.37. The van der Waals surface area contributed by atoms with Crippen molar-refractivity contribution in [1.29, 1.82) is 0 Å². The SMILES string of the molecule is COCNC1CCC(C)CC1. The lowest BCUT2D eigenvalue weighted by molar-refractivity contribution is 0.150. The molecule has 0 aromatic heterocycles. The van der Waals surface area contributed by atoms with E-state index in [-0.39, 0.29) is 0 Å². The summed E-state index contributed by atoms with van der Waals surface area (Å²) < 4.78 is 4.96. The van der Waals surface area contributed by atoms with E-state index in [2.05, 4.69) is 12.2 Å². The van der Waals surface area contributed by atoms with Gasteiger partial charge in [0, 0.05) is 13.2 Å². The fraction of sp³-hybridized carbons (Fsp3) is 1.00. The van der Waals surface area contributed by atoms with Gasteiger partial charge in [0.15, 0.2) is 0 Å². The van der Waals surface area contributed by atoms with Crippen LogP contribution >= 0.6 is 0 Å². The molecule has 11 heavy (non-hydrogen) atoms. The fourth-order valence-corrected chi connectivity index (χ4v) is 1.67. The van der Waals surface area contributed by atoms with E-state index in [4.69, 9.17) is 4.74 Å². The average Bonchev–Trinajstić information content (AvgIpc) is 2.04. The Balaban J connectivity index is 2.07. The predicted octanol–water partition coefficient (Wildman–Crippen LogP) is 1.76. The summed E-state index contributed by atoms with van der Waals surface area (Å²) in [4.78, 5) is 0. The first-order valence-electron chi connectivity index (χ1n) is 4.55. The molecule has 0 aliphatic heterocycles. The second kappa shape index (κ2) is 4.73. The van der Waals surface area contributed by atoms with Crippen LogP contribution in [0.3, 0.4) is 0 Å². The van der Waals surface area contributed by atoms with Crippen LogP contribution < -0.4 is 5.32 Å². The van der Waals surface area contributed by atoms with Crippen molar-refractivity contribution in [3.63, 3.8) is 0 Å². The molecule has 0 amide bonds. The van der Waals surface area contributed by atoms with Crippen molar-refractivity contribution < 1.29 is 4.74 Å². The van der Waals surface area contributed by atoms with Crippen molar-refractivity contribution in [2.24, 2.45) is 5.92 Å². The summed E-state index contributed by atoms with van der Waals surface area (Å²) >= 11 is 0. The molecule has 0 saturated heterocycles. The van der Waals surface area contributed by atoms with Gasteiger partial charge in [-0.2, -0.15) is 0 Å². The van der Waals surface area contributed by atoms with Gasteiger partial charge in [-0.15, -0.1) is 0 Å². The first-order valence-corrected chi connectivity index (χ1v) is 4.55. The third kappa shape index (κ3) is 3.21. The normalized spacial score (nSPS) is 32.2. The number of rotatable bonds is 3. The van der Waals surface area contributed by atoms with Crippen LogP contribution in [0.4, 0.5) is 0 Å². The zero-order valence-electron chi connectivity index (χ0n) is 7.60. The lowest BCUT2D eigenvalue weighted by Crippen LogP contribution is -2.33. The Morgan fingerprint density at radius 1 is 1.27 bits per heavy atom. The Kier molecular flexibility index (Phi) is 3.87. The number of hydrogen-bond acceptors (Lipinski definition) is 2. The molecule has 0 bridgehead atoms. The van der Waals surface area contributed by atoms with Crippen molar-refractivity contribution in [1.82, 2.24) is 5.32 Å². The van der Waals surface area contributed by atoms with Gasteiger partial charge in [0.05, 0.1) is 6.73 Å². The standard InChI is InChI=1S/C9H19NO/c1-8-3-5-9(6-4-8)10-7-11-2/h8-10H,3-7H2,1-2H3. The van der Waals surface area contributed by atoms with E-state index < -0.39 is 0 Å². The lowest BCUT2D eigenvalue weighted by atomic mass is 9.87. The third-order valence-corrected chi connectivity index (χ3v) is 2.53. The Morgan fingerprint density at radius 2 is 1.91 bits per heavy atom. The summed E-state index contributed by atoms with van der Waals surface area (Å²) in [5.74, 6) is 0.940. The largest absolute Gasteiger partial charge is 0.370 e. The van der Waals surface area contributed by atoms with Gasteiger partial charge >= 0.3 is 0 Å². The Hall–Kier alpha value is -0.0800. The zero-order valence-corrected chi connectivity index (χ0v) is 7.60. The minimum atomic E-state index is 0.707. The third-order valence-electron chi connectivity index (χ3n) is 2.53. The molecular formula is C9H19NO. The lowest BCUT2D eigenvalue weighted by Gasteiger charge is -2.26.